The number of rotatable bonds is 4. The van der Waals surface area contributed by atoms with Gasteiger partial charge >= 0.3 is 18.3 Å². The Morgan fingerprint density at radius 1 is 1.00 bits per heavy atom. The van der Waals surface area contributed by atoms with Gasteiger partial charge in [-0.25, -0.2) is 9.97 Å². The summed E-state index contributed by atoms with van der Waals surface area (Å²) >= 11 is 5.86. The first kappa shape index (κ1) is 24.6. The predicted molar refractivity (Wildman–Crippen MR) is 106 cm³/mol. The minimum atomic E-state index is -5.91. The van der Waals surface area contributed by atoms with Crippen molar-refractivity contribution in [2.24, 2.45) is 0 Å². The largest absolute Gasteiger partial charge is 0.455 e. The van der Waals surface area contributed by atoms with Gasteiger partial charge in [0, 0.05) is 23.7 Å². The maximum Gasteiger partial charge on any atom is 0.455 e. The fourth-order valence-corrected chi connectivity index (χ4v) is 3.50. The third kappa shape index (κ3) is 4.35. The minimum absolute atomic E-state index is 0.0202. The van der Waals surface area contributed by atoms with E-state index < -0.39 is 53.0 Å². The number of pyridine rings is 1. The number of aryl methyl sites for hydroxylation is 1. The SMILES string of the molecule is Cc1cn2c(=O)c(-c3cnn(CC(F)(F)C(F)(F)F)c3)c(C(F)(F)F)nc2n1-c1cccc(Cl)n1. The molecule has 0 aliphatic carbocycles. The Labute approximate surface area is 194 Å². The number of nitrogens with zero attached hydrogens (tertiary/aromatic N) is 6. The average Bonchev–Trinajstić information content (AvgIpc) is 3.29. The molecule has 0 atom stereocenters. The highest BCUT2D eigenvalue weighted by Crippen LogP contribution is 2.38. The summed E-state index contributed by atoms with van der Waals surface area (Å²) in [6, 6.07) is 4.31. The van der Waals surface area contributed by atoms with Crippen LogP contribution in [0.15, 0.2) is 41.6 Å². The van der Waals surface area contributed by atoms with Gasteiger partial charge in [0.2, 0.25) is 5.78 Å². The highest BCUT2D eigenvalue weighted by molar-refractivity contribution is 6.29. The van der Waals surface area contributed by atoms with E-state index in [0.29, 0.717) is 12.4 Å². The Morgan fingerprint density at radius 2 is 1.69 bits per heavy atom. The van der Waals surface area contributed by atoms with E-state index in [9.17, 15) is 39.9 Å². The second-order valence-electron chi connectivity index (χ2n) is 7.36. The lowest BCUT2D eigenvalue weighted by molar-refractivity contribution is -0.287. The zero-order valence-electron chi connectivity index (χ0n) is 17.2. The third-order valence-electron chi connectivity index (χ3n) is 4.86. The van der Waals surface area contributed by atoms with Gasteiger partial charge in [0.25, 0.3) is 5.56 Å². The van der Waals surface area contributed by atoms with Gasteiger partial charge in [-0.2, -0.15) is 40.2 Å². The Kier molecular flexibility index (Phi) is 5.65. The molecular formula is C19H11ClF8N6O. The van der Waals surface area contributed by atoms with E-state index >= 15 is 0 Å². The summed E-state index contributed by atoms with van der Waals surface area (Å²) in [5.74, 6) is -5.62. The Morgan fingerprint density at radius 3 is 2.29 bits per heavy atom. The molecule has 0 aliphatic rings. The van der Waals surface area contributed by atoms with Gasteiger partial charge in [-0.15, -0.1) is 0 Å². The van der Waals surface area contributed by atoms with Crippen molar-refractivity contribution in [3.05, 3.63) is 63.7 Å². The van der Waals surface area contributed by atoms with E-state index in [-0.39, 0.29) is 21.3 Å². The highest BCUT2D eigenvalue weighted by atomic mass is 35.5. The minimum Gasteiger partial charge on any atom is -0.268 e. The fourth-order valence-electron chi connectivity index (χ4n) is 3.34. The van der Waals surface area contributed by atoms with E-state index in [1.54, 1.807) is 0 Å². The molecule has 0 spiro atoms. The molecule has 0 amide bonds. The van der Waals surface area contributed by atoms with E-state index in [1.807, 2.05) is 0 Å². The average molecular weight is 527 g/mol. The van der Waals surface area contributed by atoms with Crippen molar-refractivity contribution in [1.29, 1.82) is 0 Å². The number of hydrogen-bond acceptors (Lipinski definition) is 4. The van der Waals surface area contributed by atoms with Gasteiger partial charge in [-0.1, -0.05) is 17.7 Å². The van der Waals surface area contributed by atoms with E-state index in [4.69, 9.17) is 11.6 Å². The van der Waals surface area contributed by atoms with Crippen LogP contribution >= 0.6 is 11.6 Å². The van der Waals surface area contributed by atoms with Crippen molar-refractivity contribution in [2.75, 3.05) is 0 Å². The summed E-state index contributed by atoms with van der Waals surface area (Å²) in [7, 11) is 0. The van der Waals surface area contributed by atoms with Gasteiger partial charge in [0.05, 0.1) is 11.8 Å². The molecular weight excluding hydrogens is 516 g/mol. The molecule has 4 rings (SSSR count). The van der Waals surface area contributed by atoms with Crippen molar-refractivity contribution in [2.45, 2.75) is 31.7 Å². The first-order valence-corrected chi connectivity index (χ1v) is 9.80. The third-order valence-corrected chi connectivity index (χ3v) is 5.07. The lowest BCUT2D eigenvalue weighted by Crippen LogP contribution is -2.40. The van der Waals surface area contributed by atoms with Crippen molar-refractivity contribution in [3.8, 4) is 16.9 Å². The van der Waals surface area contributed by atoms with Crippen LogP contribution in [0.5, 0.6) is 0 Å². The van der Waals surface area contributed by atoms with Gasteiger partial charge in [-0.3, -0.25) is 18.4 Å². The van der Waals surface area contributed by atoms with Crippen LogP contribution in [0, 0.1) is 6.92 Å². The molecule has 0 N–H and O–H groups in total. The second-order valence-corrected chi connectivity index (χ2v) is 7.75. The molecule has 16 heteroatoms. The molecule has 35 heavy (non-hydrogen) atoms. The number of aromatic nitrogens is 6. The number of alkyl halides is 8. The maximum atomic E-state index is 13.9. The molecule has 0 fully saturated rings. The molecule has 0 bridgehead atoms. The first-order chi connectivity index (χ1) is 16.1. The van der Waals surface area contributed by atoms with Gasteiger partial charge < -0.3 is 0 Å². The first-order valence-electron chi connectivity index (χ1n) is 9.42. The summed E-state index contributed by atoms with van der Waals surface area (Å²) in [5, 5.41) is 3.30. The summed E-state index contributed by atoms with van der Waals surface area (Å²) < 4.78 is 108. The smallest absolute Gasteiger partial charge is 0.268 e. The van der Waals surface area contributed by atoms with Crippen LogP contribution in [0.1, 0.15) is 11.4 Å². The van der Waals surface area contributed by atoms with Gasteiger partial charge in [-0.05, 0) is 19.1 Å². The summed E-state index contributed by atoms with van der Waals surface area (Å²) in [6.45, 7) is -0.536. The number of halogens is 9. The number of hydrogen-bond donors (Lipinski definition) is 0. The molecule has 4 heterocycles. The number of fused-ring (bicyclic) bond motifs is 1. The molecule has 0 unspecified atom stereocenters. The van der Waals surface area contributed by atoms with E-state index in [1.165, 1.54) is 31.3 Å². The van der Waals surface area contributed by atoms with Crippen molar-refractivity contribution < 1.29 is 35.1 Å². The van der Waals surface area contributed by atoms with E-state index in [2.05, 4.69) is 15.1 Å². The summed E-state index contributed by atoms with van der Waals surface area (Å²) in [4.78, 5) is 20.7. The predicted octanol–water partition coefficient (Wildman–Crippen LogP) is 4.92. The Hall–Kier alpha value is -3.49. The van der Waals surface area contributed by atoms with Crippen LogP contribution in [-0.4, -0.2) is 40.8 Å². The molecule has 0 radical (unpaired) electrons. The molecule has 0 saturated carbocycles. The van der Waals surface area contributed by atoms with Crippen LogP contribution < -0.4 is 5.56 Å². The fraction of sp³-hybridized carbons (Fsp3) is 0.263. The van der Waals surface area contributed by atoms with E-state index in [0.717, 1.165) is 8.97 Å². The normalized spacial score (nSPS) is 13.1. The zero-order valence-corrected chi connectivity index (χ0v) is 17.9. The lowest BCUT2D eigenvalue weighted by Gasteiger charge is -2.19. The Bertz CT molecular complexity index is 1480. The highest BCUT2D eigenvalue weighted by Gasteiger charge is 2.57. The maximum absolute atomic E-state index is 13.9. The monoisotopic (exact) mass is 526 g/mol. The number of imidazole rings is 1. The van der Waals surface area contributed by atoms with Crippen molar-refractivity contribution >= 4 is 17.4 Å². The molecule has 186 valence electrons. The quantitative estimate of drug-likeness (QED) is 0.280. The summed E-state index contributed by atoms with van der Waals surface area (Å²) in [6.07, 6.45) is -8.88. The zero-order chi connectivity index (χ0) is 25.9. The standard InChI is InChI=1S/C19H11ClF8N6O/c1-9-6-33-15(35)13(10-5-29-32(7-10)8-17(21,22)19(26,27)28)14(18(23,24)25)31-16(33)34(9)12-4-2-3-11(20)30-12/h2-7H,8H2,1H3. The molecule has 4 aromatic rings. The van der Waals surface area contributed by atoms with Gasteiger partial charge in [0.15, 0.2) is 5.69 Å². The van der Waals surface area contributed by atoms with Crippen LogP contribution in [-0.2, 0) is 12.7 Å². The lowest BCUT2D eigenvalue weighted by atomic mass is 10.1. The molecule has 7 nitrogen and oxygen atoms in total. The van der Waals surface area contributed by atoms with Crippen LogP contribution in [0.2, 0.25) is 5.15 Å². The molecule has 0 saturated heterocycles. The molecule has 0 aliphatic heterocycles. The van der Waals surface area contributed by atoms with Gasteiger partial charge in [0.1, 0.15) is 17.5 Å². The van der Waals surface area contributed by atoms with Crippen molar-refractivity contribution in [3.63, 3.8) is 0 Å². The molecule has 0 aromatic carbocycles. The second kappa shape index (κ2) is 8.03. The molecule has 4 aromatic heterocycles. The summed E-state index contributed by atoms with van der Waals surface area (Å²) in [5.41, 5.74) is -4.42. The van der Waals surface area contributed by atoms with Crippen LogP contribution in [0.3, 0.4) is 0 Å². The topological polar surface area (TPSA) is 70.0 Å². The van der Waals surface area contributed by atoms with Crippen molar-refractivity contribution in [1.82, 2.24) is 28.7 Å². The Balaban J connectivity index is 1.93. The van der Waals surface area contributed by atoms with Crippen LogP contribution in [0.25, 0.3) is 22.7 Å². The van der Waals surface area contributed by atoms with Crippen LogP contribution in [0.4, 0.5) is 35.1 Å².